The molecule has 132 valence electrons. The minimum absolute atomic E-state index is 0.237. The zero-order chi connectivity index (χ0) is 18.0. The van der Waals surface area contributed by atoms with Gasteiger partial charge in [-0.3, -0.25) is 4.79 Å². The third-order valence-corrected chi connectivity index (χ3v) is 6.07. The number of fused-ring (bicyclic) bond motifs is 1. The van der Waals surface area contributed by atoms with E-state index in [1.807, 2.05) is 30.3 Å². The Hall–Kier alpha value is -2.38. The topological polar surface area (TPSA) is 60.9 Å². The zero-order valence-corrected chi connectivity index (χ0v) is 15.1. The predicted molar refractivity (Wildman–Crippen MR) is 98.9 cm³/mol. The highest BCUT2D eigenvalue weighted by Crippen LogP contribution is 2.28. The minimum atomic E-state index is -3.77. The molecule has 1 aliphatic rings. The molecule has 1 amide bonds. The van der Waals surface area contributed by atoms with E-state index in [2.05, 4.69) is 0 Å². The number of benzene rings is 2. The van der Waals surface area contributed by atoms with Crippen molar-refractivity contribution < 1.29 is 13.2 Å². The summed E-state index contributed by atoms with van der Waals surface area (Å²) in [6.45, 7) is 0.335. The number of carbonyl (C=O) groups is 1. The van der Waals surface area contributed by atoms with Crippen molar-refractivity contribution in [1.82, 2.24) is 4.31 Å². The highest BCUT2D eigenvalue weighted by molar-refractivity contribution is 7.90. The normalized spacial score (nSPS) is 13.8. The molecule has 0 N–H and O–H groups in total. The monoisotopic (exact) mass is 359 g/mol. The van der Waals surface area contributed by atoms with Crippen LogP contribution in [0.15, 0.2) is 54.6 Å². The summed E-state index contributed by atoms with van der Waals surface area (Å²) < 4.78 is 27.7. The van der Waals surface area contributed by atoms with Gasteiger partial charge in [-0.05, 0) is 30.2 Å². The Balaban J connectivity index is 1.90. The molecule has 0 saturated heterocycles. The van der Waals surface area contributed by atoms with Crippen LogP contribution in [-0.2, 0) is 21.4 Å². The van der Waals surface area contributed by atoms with E-state index in [1.54, 1.807) is 29.2 Å². The summed E-state index contributed by atoms with van der Waals surface area (Å²) in [4.78, 5) is 14.5. The molecule has 7 heteroatoms. The van der Waals surface area contributed by atoms with Crippen LogP contribution >= 0.6 is 0 Å². The molecule has 1 aliphatic heterocycles. The Morgan fingerprint density at radius 3 is 2.36 bits per heavy atom. The van der Waals surface area contributed by atoms with E-state index in [1.165, 1.54) is 14.1 Å². The summed E-state index contributed by atoms with van der Waals surface area (Å²) in [5.74, 6) is -0.237. The van der Waals surface area contributed by atoms with Crippen LogP contribution in [-0.4, -0.2) is 45.8 Å². The molecule has 25 heavy (non-hydrogen) atoms. The standard InChI is InChI=1S/C18H21N3O3S/c1-19(2)25(23,24)21(16-9-4-3-5-10-16)14-18(22)20-13-12-15-8-6-7-11-17(15)20/h3-11H,12-14H2,1-2H3. The maximum Gasteiger partial charge on any atom is 0.304 e. The van der Waals surface area contributed by atoms with E-state index in [4.69, 9.17) is 0 Å². The van der Waals surface area contributed by atoms with Crippen molar-refractivity contribution in [3.8, 4) is 0 Å². The van der Waals surface area contributed by atoms with Crippen LogP contribution < -0.4 is 9.21 Å². The first-order valence-electron chi connectivity index (χ1n) is 8.05. The van der Waals surface area contributed by atoms with Crippen LogP contribution in [0, 0.1) is 0 Å². The second-order valence-corrected chi connectivity index (χ2v) is 8.12. The molecule has 2 aromatic carbocycles. The SMILES string of the molecule is CN(C)S(=O)(=O)N(CC(=O)N1CCc2ccccc21)c1ccccc1. The van der Waals surface area contributed by atoms with Crippen LogP contribution in [0.2, 0.25) is 0 Å². The minimum Gasteiger partial charge on any atom is -0.310 e. The molecule has 3 rings (SSSR count). The van der Waals surface area contributed by atoms with Gasteiger partial charge in [0.2, 0.25) is 5.91 Å². The first-order valence-corrected chi connectivity index (χ1v) is 9.44. The van der Waals surface area contributed by atoms with Crippen LogP contribution in [0.3, 0.4) is 0 Å². The van der Waals surface area contributed by atoms with Gasteiger partial charge in [0.15, 0.2) is 0 Å². The largest absolute Gasteiger partial charge is 0.310 e. The first kappa shape index (κ1) is 17.4. The van der Waals surface area contributed by atoms with Crippen LogP contribution in [0.4, 0.5) is 11.4 Å². The Labute approximate surface area is 148 Å². The maximum absolute atomic E-state index is 12.9. The molecule has 0 aromatic heterocycles. The number of hydrogen-bond acceptors (Lipinski definition) is 3. The molecular weight excluding hydrogens is 338 g/mol. The van der Waals surface area contributed by atoms with Crippen molar-refractivity contribution in [3.05, 3.63) is 60.2 Å². The number of rotatable bonds is 5. The molecular formula is C18H21N3O3S. The summed E-state index contributed by atoms with van der Waals surface area (Å²) in [5, 5.41) is 0. The fourth-order valence-corrected chi connectivity index (χ4v) is 3.96. The van der Waals surface area contributed by atoms with Crippen molar-refractivity contribution in [2.75, 3.05) is 36.4 Å². The van der Waals surface area contributed by atoms with Crippen LogP contribution in [0.5, 0.6) is 0 Å². The van der Waals surface area contributed by atoms with Crippen LogP contribution in [0.1, 0.15) is 5.56 Å². The molecule has 2 aromatic rings. The highest BCUT2D eigenvalue weighted by Gasteiger charge is 2.31. The lowest BCUT2D eigenvalue weighted by Gasteiger charge is -2.28. The van der Waals surface area contributed by atoms with Gasteiger partial charge in [0.1, 0.15) is 6.54 Å². The number of nitrogens with zero attached hydrogens (tertiary/aromatic N) is 3. The van der Waals surface area contributed by atoms with Crippen molar-refractivity contribution in [2.24, 2.45) is 0 Å². The summed E-state index contributed by atoms with van der Waals surface area (Å²) in [5.41, 5.74) is 2.44. The smallest absolute Gasteiger partial charge is 0.304 e. The van der Waals surface area contributed by atoms with Gasteiger partial charge in [-0.15, -0.1) is 0 Å². The van der Waals surface area contributed by atoms with Crippen LogP contribution in [0.25, 0.3) is 0 Å². The second-order valence-electron chi connectivity index (χ2n) is 6.06. The molecule has 0 spiro atoms. The van der Waals surface area contributed by atoms with Crippen molar-refractivity contribution in [2.45, 2.75) is 6.42 Å². The molecule has 6 nitrogen and oxygen atoms in total. The van der Waals surface area contributed by atoms with Gasteiger partial charge < -0.3 is 4.90 Å². The summed E-state index contributed by atoms with van der Waals surface area (Å²) >= 11 is 0. The number of anilines is 2. The number of carbonyl (C=O) groups excluding carboxylic acids is 1. The Kier molecular flexibility index (Phi) is 4.78. The fraction of sp³-hybridized carbons (Fsp3) is 0.278. The van der Waals surface area contributed by atoms with E-state index in [-0.39, 0.29) is 12.5 Å². The van der Waals surface area contributed by atoms with Crippen molar-refractivity contribution >= 4 is 27.5 Å². The van der Waals surface area contributed by atoms with Gasteiger partial charge in [0, 0.05) is 26.3 Å². The Bertz CT molecular complexity index is 866. The van der Waals surface area contributed by atoms with E-state index >= 15 is 0 Å². The van der Waals surface area contributed by atoms with Gasteiger partial charge >= 0.3 is 10.2 Å². The highest BCUT2D eigenvalue weighted by atomic mass is 32.2. The number of amides is 1. The van der Waals surface area contributed by atoms with Crippen molar-refractivity contribution in [3.63, 3.8) is 0 Å². The van der Waals surface area contributed by atoms with Gasteiger partial charge in [-0.1, -0.05) is 36.4 Å². The molecule has 0 bridgehead atoms. The van der Waals surface area contributed by atoms with E-state index < -0.39 is 10.2 Å². The third kappa shape index (κ3) is 3.38. The average Bonchev–Trinajstić information content (AvgIpc) is 3.04. The molecule has 0 aliphatic carbocycles. The predicted octanol–water partition coefficient (Wildman–Crippen LogP) is 1.89. The Morgan fingerprint density at radius 1 is 1.04 bits per heavy atom. The summed E-state index contributed by atoms with van der Waals surface area (Å²) in [6, 6.07) is 16.4. The molecule has 1 heterocycles. The first-order chi connectivity index (χ1) is 11.9. The maximum atomic E-state index is 12.9. The fourth-order valence-electron chi connectivity index (χ4n) is 2.90. The van der Waals surface area contributed by atoms with E-state index in [0.29, 0.717) is 12.2 Å². The lowest BCUT2D eigenvalue weighted by Crippen LogP contribution is -2.46. The lowest BCUT2D eigenvalue weighted by molar-refractivity contribution is -0.117. The number of para-hydroxylation sites is 2. The molecule has 0 atom stereocenters. The molecule has 0 radical (unpaired) electrons. The van der Waals surface area contributed by atoms with Crippen molar-refractivity contribution in [1.29, 1.82) is 0 Å². The van der Waals surface area contributed by atoms with Gasteiger partial charge in [-0.25, -0.2) is 4.31 Å². The quantitative estimate of drug-likeness (QED) is 0.819. The molecule has 0 saturated carbocycles. The van der Waals surface area contributed by atoms with Gasteiger partial charge in [0.25, 0.3) is 0 Å². The summed E-state index contributed by atoms with van der Waals surface area (Å²) in [6.07, 6.45) is 0.785. The summed E-state index contributed by atoms with van der Waals surface area (Å²) in [7, 11) is -0.856. The lowest BCUT2D eigenvalue weighted by atomic mass is 10.2. The zero-order valence-electron chi connectivity index (χ0n) is 14.3. The molecule has 0 unspecified atom stereocenters. The van der Waals surface area contributed by atoms with Gasteiger partial charge in [-0.2, -0.15) is 12.7 Å². The van der Waals surface area contributed by atoms with E-state index in [9.17, 15) is 13.2 Å². The average molecular weight is 359 g/mol. The number of hydrogen-bond donors (Lipinski definition) is 0. The van der Waals surface area contributed by atoms with Gasteiger partial charge in [0.05, 0.1) is 5.69 Å². The molecule has 0 fully saturated rings. The van der Waals surface area contributed by atoms with E-state index in [0.717, 1.165) is 26.3 Å². The third-order valence-electron chi connectivity index (χ3n) is 4.25. The Morgan fingerprint density at radius 2 is 1.68 bits per heavy atom. The second kappa shape index (κ2) is 6.85.